The summed E-state index contributed by atoms with van der Waals surface area (Å²) in [6.07, 6.45) is 4.16. The molecule has 1 unspecified atom stereocenters. The Balaban J connectivity index is 0.00000312. The maximum Gasteiger partial charge on any atom is 0.191 e. The Kier molecular flexibility index (Phi) is 8.66. The molecule has 8 heteroatoms. The minimum absolute atomic E-state index is 0. The third-order valence-electron chi connectivity index (χ3n) is 4.41. The average Bonchev–Trinajstić information content (AvgIpc) is 3.30. The van der Waals surface area contributed by atoms with E-state index < -0.39 is 9.84 Å². The van der Waals surface area contributed by atoms with Crippen LogP contribution in [0, 0.1) is 0 Å². The molecule has 0 heterocycles. The topological polar surface area (TPSA) is 70.6 Å². The fourth-order valence-electron chi connectivity index (χ4n) is 2.68. The molecule has 0 bridgehead atoms. The normalized spacial score (nSPS) is 17.4. The lowest BCUT2D eigenvalue weighted by atomic mass is 9.96. The van der Waals surface area contributed by atoms with Crippen molar-refractivity contribution in [3.63, 3.8) is 0 Å². The van der Waals surface area contributed by atoms with Crippen LogP contribution in [0.2, 0.25) is 0 Å². The fraction of sp³-hybridized carbons (Fsp3) is 0.588. The molecular formula is C17H27BrIN3O2S. The number of sulfone groups is 1. The van der Waals surface area contributed by atoms with Crippen molar-refractivity contribution in [2.24, 2.45) is 4.99 Å². The molecule has 142 valence electrons. The molecular weight excluding hydrogens is 517 g/mol. The van der Waals surface area contributed by atoms with Crippen LogP contribution in [0.3, 0.4) is 0 Å². The van der Waals surface area contributed by atoms with E-state index in [2.05, 4.69) is 49.8 Å². The lowest BCUT2D eigenvalue weighted by Crippen LogP contribution is -2.45. The van der Waals surface area contributed by atoms with E-state index in [0.29, 0.717) is 6.42 Å². The van der Waals surface area contributed by atoms with Gasteiger partial charge in [-0.25, -0.2) is 8.42 Å². The first-order valence-corrected chi connectivity index (χ1v) is 11.0. The van der Waals surface area contributed by atoms with Gasteiger partial charge in [-0.1, -0.05) is 28.1 Å². The molecule has 1 aliphatic carbocycles. The van der Waals surface area contributed by atoms with Crippen molar-refractivity contribution in [3.05, 3.63) is 34.3 Å². The van der Waals surface area contributed by atoms with E-state index in [1.165, 1.54) is 11.8 Å². The zero-order valence-corrected chi connectivity index (χ0v) is 19.6. The first-order valence-electron chi connectivity index (χ1n) is 8.15. The van der Waals surface area contributed by atoms with Crippen molar-refractivity contribution in [1.29, 1.82) is 0 Å². The zero-order valence-electron chi connectivity index (χ0n) is 14.9. The van der Waals surface area contributed by atoms with E-state index in [1.54, 1.807) is 7.05 Å². The lowest BCUT2D eigenvalue weighted by molar-refractivity contribution is 0.576. The minimum atomic E-state index is -2.93. The minimum Gasteiger partial charge on any atom is -0.356 e. The highest BCUT2D eigenvalue weighted by atomic mass is 127. The highest BCUT2D eigenvalue weighted by Gasteiger charge is 2.44. The Labute approximate surface area is 176 Å². The van der Waals surface area contributed by atoms with Crippen LogP contribution in [0.4, 0.5) is 0 Å². The van der Waals surface area contributed by atoms with Crippen LogP contribution in [0.1, 0.15) is 31.7 Å². The second-order valence-corrected chi connectivity index (χ2v) is 9.86. The molecule has 0 spiro atoms. The van der Waals surface area contributed by atoms with Crippen LogP contribution in [-0.2, 0) is 15.3 Å². The van der Waals surface area contributed by atoms with Gasteiger partial charge in [-0.15, -0.1) is 24.0 Å². The summed E-state index contributed by atoms with van der Waals surface area (Å²) in [7, 11) is -1.20. The van der Waals surface area contributed by atoms with E-state index >= 15 is 0 Å². The van der Waals surface area contributed by atoms with Gasteiger partial charge in [-0.05, 0) is 43.9 Å². The van der Waals surface area contributed by atoms with E-state index in [-0.39, 0.29) is 41.2 Å². The highest BCUT2D eigenvalue weighted by Crippen LogP contribution is 2.48. The Morgan fingerprint density at radius 2 is 2.08 bits per heavy atom. The summed E-state index contributed by atoms with van der Waals surface area (Å²) < 4.78 is 23.6. The molecule has 0 radical (unpaired) electrons. The molecule has 0 aliphatic heterocycles. The van der Waals surface area contributed by atoms with Gasteiger partial charge in [0.15, 0.2) is 5.96 Å². The quantitative estimate of drug-likeness (QED) is 0.315. The van der Waals surface area contributed by atoms with Crippen LogP contribution >= 0.6 is 39.9 Å². The molecule has 1 aromatic carbocycles. The van der Waals surface area contributed by atoms with Crippen LogP contribution in [0.25, 0.3) is 0 Å². The molecule has 2 N–H and O–H groups in total. The van der Waals surface area contributed by atoms with Gasteiger partial charge in [-0.2, -0.15) is 0 Å². The largest absolute Gasteiger partial charge is 0.356 e. The number of nitrogens with one attached hydrogen (secondary N) is 2. The maximum atomic E-state index is 11.3. The molecule has 1 atom stereocenters. The SMILES string of the molecule is CN=C(NCC1(c2cccc(Br)c2)CC1)NC(C)CCS(C)(=O)=O.I. The first kappa shape index (κ1) is 22.7. The number of benzene rings is 1. The summed E-state index contributed by atoms with van der Waals surface area (Å²) in [5, 5.41) is 6.66. The van der Waals surface area contributed by atoms with Gasteiger partial charge in [-0.3, -0.25) is 4.99 Å². The van der Waals surface area contributed by atoms with E-state index in [0.717, 1.165) is 29.8 Å². The summed E-state index contributed by atoms with van der Waals surface area (Å²) in [6.45, 7) is 2.79. The number of nitrogens with zero attached hydrogens (tertiary/aromatic N) is 1. The molecule has 0 saturated heterocycles. The predicted octanol–water partition coefficient (Wildman–Crippen LogP) is 3.09. The molecule has 25 heavy (non-hydrogen) atoms. The Morgan fingerprint density at radius 1 is 1.40 bits per heavy atom. The Bertz CT molecular complexity index is 706. The average molecular weight is 544 g/mol. The van der Waals surface area contributed by atoms with E-state index in [1.807, 2.05) is 13.0 Å². The third-order valence-corrected chi connectivity index (χ3v) is 5.88. The number of halogens is 2. The number of hydrogen-bond donors (Lipinski definition) is 2. The van der Waals surface area contributed by atoms with E-state index in [9.17, 15) is 8.42 Å². The smallest absolute Gasteiger partial charge is 0.191 e. The Morgan fingerprint density at radius 3 is 2.60 bits per heavy atom. The zero-order chi connectivity index (χ0) is 17.8. The standard InChI is InChI=1S/C17H26BrN3O2S.HI/c1-13(7-10-24(3,22)23)21-16(19-2)20-12-17(8-9-17)14-5-4-6-15(18)11-14;/h4-6,11,13H,7-10,12H2,1-3H3,(H2,19,20,21);1H. The third kappa shape index (κ3) is 7.42. The van der Waals surface area contributed by atoms with Crippen LogP contribution in [0.15, 0.2) is 33.7 Å². The maximum absolute atomic E-state index is 11.3. The van der Waals surface area contributed by atoms with E-state index in [4.69, 9.17) is 0 Å². The lowest BCUT2D eigenvalue weighted by Gasteiger charge is -2.21. The van der Waals surface area contributed by atoms with Crippen molar-refractivity contribution < 1.29 is 8.42 Å². The highest BCUT2D eigenvalue weighted by molar-refractivity contribution is 14.0. The molecule has 1 aliphatic rings. The van der Waals surface area contributed by atoms with Gasteiger partial charge in [0.25, 0.3) is 0 Å². The molecule has 1 aromatic rings. The van der Waals surface area contributed by atoms with Gasteiger partial charge < -0.3 is 10.6 Å². The van der Waals surface area contributed by atoms with Gasteiger partial charge in [0.05, 0.1) is 5.75 Å². The second-order valence-electron chi connectivity index (χ2n) is 6.68. The second kappa shape index (κ2) is 9.55. The predicted molar refractivity (Wildman–Crippen MR) is 119 cm³/mol. The van der Waals surface area contributed by atoms with Crippen molar-refractivity contribution in [2.45, 2.75) is 37.6 Å². The number of rotatable bonds is 7. The van der Waals surface area contributed by atoms with Gasteiger partial charge in [0, 0.05) is 35.8 Å². The molecule has 0 amide bonds. The summed E-state index contributed by atoms with van der Waals surface area (Å²) >= 11 is 3.54. The van der Waals surface area contributed by atoms with Crippen LogP contribution < -0.4 is 10.6 Å². The van der Waals surface area contributed by atoms with Crippen LogP contribution in [-0.4, -0.2) is 46.0 Å². The van der Waals surface area contributed by atoms with Gasteiger partial charge in [0.2, 0.25) is 0 Å². The molecule has 1 fully saturated rings. The number of guanidine groups is 1. The van der Waals surface area contributed by atoms with Crippen molar-refractivity contribution >= 4 is 55.7 Å². The fourth-order valence-corrected chi connectivity index (χ4v) is 3.86. The summed E-state index contributed by atoms with van der Waals surface area (Å²) in [5.74, 6) is 0.900. The van der Waals surface area contributed by atoms with Crippen molar-refractivity contribution in [2.75, 3.05) is 25.6 Å². The van der Waals surface area contributed by atoms with Crippen LogP contribution in [0.5, 0.6) is 0 Å². The monoisotopic (exact) mass is 543 g/mol. The molecule has 0 aromatic heterocycles. The molecule has 1 saturated carbocycles. The van der Waals surface area contributed by atoms with Crippen molar-refractivity contribution in [1.82, 2.24) is 10.6 Å². The summed E-state index contributed by atoms with van der Waals surface area (Å²) in [5.41, 5.74) is 1.52. The van der Waals surface area contributed by atoms with Crippen molar-refractivity contribution in [3.8, 4) is 0 Å². The molecule has 2 rings (SSSR count). The summed E-state index contributed by atoms with van der Waals surface area (Å²) in [6, 6.07) is 8.51. The van der Waals surface area contributed by atoms with Gasteiger partial charge >= 0.3 is 0 Å². The number of hydrogen-bond acceptors (Lipinski definition) is 3. The van der Waals surface area contributed by atoms with Gasteiger partial charge in [0.1, 0.15) is 9.84 Å². The molecule has 5 nitrogen and oxygen atoms in total. The summed E-state index contributed by atoms with van der Waals surface area (Å²) in [4.78, 5) is 4.25. The first-order chi connectivity index (χ1) is 11.2. The number of aliphatic imine (C=N–C) groups is 1. The Hall–Kier alpha value is -0.350.